The monoisotopic (exact) mass is 447 g/mol. The second-order valence-corrected chi connectivity index (χ2v) is 7.85. The molecule has 0 aliphatic heterocycles. The van der Waals surface area contributed by atoms with E-state index in [-0.39, 0.29) is 12.5 Å². The minimum atomic E-state index is -0.178. The predicted molar refractivity (Wildman–Crippen MR) is 122 cm³/mol. The minimum absolute atomic E-state index is 0.178. The van der Waals surface area contributed by atoms with Crippen LogP contribution < -0.4 is 4.74 Å². The molecule has 1 amide bonds. The molecule has 0 spiro atoms. The summed E-state index contributed by atoms with van der Waals surface area (Å²) < 4.78 is 11.2. The van der Waals surface area contributed by atoms with Crippen LogP contribution in [-0.4, -0.2) is 28.0 Å². The first-order valence-corrected chi connectivity index (χ1v) is 10.5. The van der Waals surface area contributed by atoms with Crippen molar-refractivity contribution in [2.45, 2.75) is 20.1 Å². The van der Waals surface area contributed by atoms with E-state index in [2.05, 4.69) is 10.1 Å². The van der Waals surface area contributed by atoms with Gasteiger partial charge in [0.1, 0.15) is 12.4 Å². The van der Waals surface area contributed by atoms with Gasteiger partial charge in [0, 0.05) is 28.8 Å². The molecule has 162 valence electrons. The van der Waals surface area contributed by atoms with Gasteiger partial charge >= 0.3 is 0 Å². The Balaban J connectivity index is 1.40. The van der Waals surface area contributed by atoms with Crippen LogP contribution in [0.4, 0.5) is 0 Å². The molecule has 3 aromatic carbocycles. The van der Waals surface area contributed by atoms with E-state index in [9.17, 15) is 4.79 Å². The van der Waals surface area contributed by atoms with E-state index in [4.69, 9.17) is 20.9 Å². The number of ether oxygens (including phenoxy) is 1. The molecule has 0 aliphatic rings. The maximum atomic E-state index is 12.9. The Morgan fingerprint density at radius 1 is 1.06 bits per heavy atom. The summed E-state index contributed by atoms with van der Waals surface area (Å²) in [5.74, 6) is 1.27. The quantitative estimate of drug-likeness (QED) is 0.371. The number of amides is 1. The molecule has 4 aromatic rings. The number of aryl methyl sites for hydroxylation is 1. The Bertz CT molecular complexity index is 1220. The number of hydrogen-bond acceptors (Lipinski definition) is 5. The standard InChI is InChI=1S/C25H22ClN3O3/c1-17-10-12-18(13-11-17)24-27-23(32-28-24)15-29(2)25(30)19-7-5-8-21(14-19)31-16-20-6-3-4-9-22(20)26/h3-14H,15-16H2,1-2H3. The van der Waals surface area contributed by atoms with Crippen molar-refractivity contribution in [2.75, 3.05) is 7.05 Å². The van der Waals surface area contributed by atoms with Gasteiger partial charge in [-0.1, -0.05) is 70.9 Å². The van der Waals surface area contributed by atoms with Gasteiger partial charge in [0.15, 0.2) is 0 Å². The molecule has 0 saturated heterocycles. The lowest BCUT2D eigenvalue weighted by Gasteiger charge is -2.15. The Kier molecular flexibility index (Phi) is 6.52. The van der Waals surface area contributed by atoms with E-state index in [1.807, 2.05) is 55.5 Å². The molecule has 0 bridgehead atoms. The van der Waals surface area contributed by atoms with E-state index in [1.54, 1.807) is 31.3 Å². The Morgan fingerprint density at radius 2 is 1.84 bits per heavy atom. The van der Waals surface area contributed by atoms with Crippen LogP contribution in [0.1, 0.15) is 27.4 Å². The third-order valence-corrected chi connectivity index (χ3v) is 5.30. The van der Waals surface area contributed by atoms with Crippen LogP contribution in [-0.2, 0) is 13.2 Å². The fourth-order valence-electron chi connectivity index (χ4n) is 3.13. The zero-order valence-corrected chi connectivity index (χ0v) is 18.5. The molecule has 32 heavy (non-hydrogen) atoms. The summed E-state index contributed by atoms with van der Waals surface area (Å²) in [6.07, 6.45) is 0. The molecule has 0 radical (unpaired) electrons. The molecule has 1 aromatic heterocycles. The van der Waals surface area contributed by atoms with Gasteiger partial charge in [-0.3, -0.25) is 4.79 Å². The van der Waals surface area contributed by atoms with Crippen LogP contribution >= 0.6 is 11.6 Å². The molecule has 7 heteroatoms. The van der Waals surface area contributed by atoms with E-state index in [0.717, 1.165) is 16.7 Å². The highest BCUT2D eigenvalue weighted by atomic mass is 35.5. The first-order valence-electron chi connectivity index (χ1n) is 10.1. The van der Waals surface area contributed by atoms with Crippen molar-refractivity contribution in [1.82, 2.24) is 15.0 Å². The van der Waals surface area contributed by atoms with Crippen molar-refractivity contribution in [1.29, 1.82) is 0 Å². The number of carbonyl (C=O) groups excluding carboxylic acids is 1. The molecule has 4 rings (SSSR count). The van der Waals surface area contributed by atoms with Crippen molar-refractivity contribution in [2.24, 2.45) is 0 Å². The molecular formula is C25H22ClN3O3. The van der Waals surface area contributed by atoms with Crippen LogP contribution in [0.5, 0.6) is 5.75 Å². The number of benzene rings is 3. The molecule has 0 fully saturated rings. The Morgan fingerprint density at radius 3 is 2.62 bits per heavy atom. The van der Waals surface area contributed by atoms with Gasteiger partial charge in [-0.25, -0.2) is 0 Å². The van der Waals surface area contributed by atoms with Gasteiger partial charge in [-0.05, 0) is 31.2 Å². The lowest BCUT2D eigenvalue weighted by Crippen LogP contribution is -2.26. The van der Waals surface area contributed by atoms with Crippen LogP contribution in [0.3, 0.4) is 0 Å². The number of hydrogen-bond donors (Lipinski definition) is 0. The smallest absolute Gasteiger partial charge is 0.254 e. The normalized spacial score (nSPS) is 10.7. The fraction of sp³-hybridized carbons (Fsp3) is 0.160. The van der Waals surface area contributed by atoms with E-state index < -0.39 is 0 Å². The largest absolute Gasteiger partial charge is 0.489 e. The van der Waals surface area contributed by atoms with Gasteiger partial charge < -0.3 is 14.2 Å². The zero-order valence-electron chi connectivity index (χ0n) is 17.8. The summed E-state index contributed by atoms with van der Waals surface area (Å²) in [5, 5.41) is 4.66. The summed E-state index contributed by atoms with van der Waals surface area (Å²) in [4.78, 5) is 18.8. The lowest BCUT2D eigenvalue weighted by atomic mass is 10.1. The average Bonchev–Trinajstić information content (AvgIpc) is 3.27. The van der Waals surface area contributed by atoms with Crippen LogP contribution in [0, 0.1) is 6.92 Å². The van der Waals surface area contributed by atoms with E-state index in [0.29, 0.717) is 34.7 Å². The molecule has 0 saturated carbocycles. The number of rotatable bonds is 7. The average molecular weight is 448 g/mol. The predicted octanol–water partition coefficient (Wildman–Crippen LogP) is 5.55. The van der Waals surface area contributed by atoms with Crippen molar-refractivity contribution >= 4 is 17.5 Å². The van der Waals surface area contributed by atoms with Crippen molar-refractivity contribution in [3.05, 3.63) is 100 Å². The maximum absolute atomic E-state index is 12.9. The first-order chi connectivity index (χ1) is 15.5. The van der Waals surface area contributed by atoms with Crippen molar-refractivity contribution < 1.29 is 14.1 Å². The lowest BCUT2D eigenvalue weighted by molar-refractivity contribution is 0.0769. The van der Waals surface area contributed by atoms with Gasteiger partial charge in [0.2, 0.25) is 11.7 Å². The summed E-state index contributed by atoms with van der Waals surface area (Å²) in [5.41, 5.74) is 3.40. The summed E-state index contributed by atoms with van der Waals surface area (Å²) in [6.45, 7) is 2.53. The highest BCUT2D eigenvalue weighted by Crippen LogP contribution is 2.21. The Labute approximate surface area is 191 Å². The fourth-order valence-corrected chi connectivity index (χ4v) is 3.32. The zero-order chi connectivity index (χ0) is 22.5. The van der Waals surface area contributed by atoms with Gasteiger partial charge in [-0.2, -0.15) is 4.98 Å². The third kappa shape index (κ3) is 5.15. The SMILES string of the molecule is Cc1ccc(-c2noc(CN(C)C(=O)c3cccc(OCc4ccccc4Cl)c3)n2)cc1. The van der Waals surface area contributed by atoms with Crippen LogP contribution in [0.25, 0.3) is 11.4 Å². The second kappa shape index (κ2) is 9.66. The second-order valence-electron chi connectivity index (χ2n) is 7.45. The van der Waals surface area contributed by atoms with Crippen molar-refractivity contribution in [3.8, 4) is 17.1 Å². The molecular weight excluding hydrogens is 426 g/mol. The third-order valence-electron chi connectivity index (χ3n) is 4.93. The molecule has 0 aliphatic carbocycles. The highest BCUT2D eigenvalue weighted by Gasteiger charge is 2.17. The molecule has 0 N–H and O–H groups in total. The molecule has 0 atom stereocenters. The van der Waals surface area contributed by atoms with E-state index in [1.165, 1.54) is 4.90 Å². The number of carbonyl (C=O) groups is 1. The summed E-state index contributed by atoms with van der Waals surface area (Å²) in [6, 6.07) is 22.4. The number of aromatic nitrogens is 2. The van der Waals surface area contributed by atoms with Crippen LogP contribution in [0.2, 0.25) is 5.02 Å². The Hall–Kier alpha value is -3.64. The highest BCUT2D eigenvalue weighted by molar-refractivity contribution is 6.31. The van der Waals surface area contributed by atoms with Gasteiger partial charge in [-0.15, -0.1) is 0 Å². The van der Waals surface area contributed by atoms with E-state index >= 15 is 0 Å². The topological polar surface area (TPSA) is 68.5 Å². The van der Waals surface area contributed by atoms with Gasteiger partial charge in [0.25, 0.3) is 5.91 Å². The van der Waals surface area contributed by atoms with Crippen molar-refractivity contribution in [3.63, 3.8) is 0 Å². The summed E-state index contributed by atoms with van der Waals surface area (Å²) in [7, 11) is 1.69. The molecule has 0 unspecified atom stereocenters. The first kappa shape index (κ1) is 21.6. The number of halogens is 1. The molecule has 6 nitrogen and oxygen atoms in total. The maximum Gasteiger partial charge on any atom is 0.254 e. The summed E-state index contributed by atoms with van der Waals surface area (Å²) >= 11 is 6.18. The molecule has 1 heterocycles. The minimum Gasteiger partial charge on any atom is -0.489 e. The van der Waals surface area contributed by atoms with Crippen LogP contribution in [0.15, 0.2) is 77.3 Å². The van der Waals surface area contributed by atoms with Gasteiger partial charge in [0.05, 0.1) is 6.54 Å². The number of nitrogens with zero attached hydrogens (tertiary/aromatic N) is 3.